The Morgan fingerprint density at radius 1 is 0.595 bits per heavy atom. The summed E-state index contributed by atoms with van der Waals surface area (Å²) in [7, 11) is 7.55. The van der Waals surface area contributed by atoms with E-state index < -0.39 is 0 Å². The molecule has 2 unspecified atom stereocenters. The van der Waals surface area contributed by atoms with Gasteiger partial charge in [-0.3, -0.25) is 28.8 Å². The van der Waals surface area contributed by atoms with Crippen molar-refractivity contribution in [3.05, 3.63) is 84.4 Å². The highest BCUT2D eigenvalue weighted by molar-refractivity contribution is 6.09. The molecule has 25 heteroatoms. The minimum atomic E-state index is -0.314. The first kappa shape index (κ1) is 52.9. The molecule has 12 heterocycles. The van der Waals surface area contributed by atoms with Crippen LogP contribution in [-0.4, -0.2) is 202 Å². The Balaban J connectivity index is 0.000000167. The van der Waals surface area contributed by atoms with Gasteiger partial charge in [-0.2, -0.15) is 20.2 Å². The van der Waals surface area contributed by atoms with Gasteiger partial charge >= 0.3 is 0 Å². The summed E-state index contributed by atoms with van der Waals surface area (Å²) in [5.41, 5.74) is 5.91. The van der Waals surface area contributed by atoms with E-state index in [4.69, 9.17) is 33.0 Å². The van der Waals surface area contributed by atoms with Crippen molar-refractivity contribution in [1.82, 2.24) is 59.3 Å². The molecule has 25 nitrogen and oxygen atoms in total. The minimum Gasteiger partial charge on any atom is -0.422 e. The second-order valence-electron chi connectivity index (χ2n) is 20.2. The molecule has 2 amide bonds. The molecule has 414 valence electrons. The Kier molecular flexibility index (Phi) is 15.7. The van der Waals surface area contributed by atoms with Crippen molar-refractivity contribution < 1.29 is 32.6 Å². The summed E-state index contributed by atoms with van der Waals surface area (Å²) in [5.74, 6) is 1.44. The van der Waals surface area contributed by atoms with Gasteiger partial charge in [-0.05, 0) is 45.2 Å². The van der Waals surface area contributed by atoms with Gasteiger partial charge < -0.3 is 53.3 Å². The molecule has 0 aromatic carbocycles. The van der Waals surface area contributed by atoms with Gasteiger partial charge in [0.2, 0.25) is 11.3 Å². The van der Waals surface area contributed by atoms with Crippen molar-refractivity contribution in [2.45, 2.75) is 25.9 Å². The van der Waals surface area contributed by atoms with E-state index in [0.717, 1.165) is 68.3 Å². The van der Waals surface area contributed by atoms with Crippen LogP contribution in [0, 0.1) is 0 Å². The number of morpholine rings is 2. The van der Waals surface area contributed by atoms with E-state index in [1.165, 1.54) is 0 Å². The highest BCUT2D eigenvalue weighted by Crippen LogP contribution is 2.32. The van der Waals surface area contributed by atoms with Crippen LogP contribution >= 0.6 is 0 Å². The molecule has 8 aromatic heterocycles. The second kappa shape index (κ2) is 23.5. The molecule has 4 aliphatic heterocycles. The summed E-state index contributed by atoms with van der Waals surface area (Å²) in [4.78, 5) is 69.0. The van der Waals surface area contributed by atoms with E-state index in [9.17, 15) is 9.59 Å². The lowest BCUT2D eigenvalue weighted by Gasteiger charge is -2.43. The SMILES string of the molecule is CC1CN(c2nc3nc(N4CCOCC4)oc3cc2C(=O)Nc2cccc(-c3cnn(C)c3)n2)CC(C)N1C.COCCN1CCN(c2nc3nc(N4CCOCC4)oc3cc2C(=O)Nc2cccc(-c3cnn(C)c3)n2)CC1. The molecular weight excluding hydrogens is 1010 g/mol. The predicted molar refractivity (Wildman–Crippen MR) is 298 cm³/mol. The van der Waals surface area contributed by atoms with Crippen LogP contribution in [0.15, 0.2) is 82.2 Å². The highest BCUT2D eigenvalue weighted by atomic mass is 16.5. The minimum absolute atomic E-state index is 0.293. The fraction of sp³-hybridized carbons (Fsp3) is 0.444. The van der Waals surface area contributed by atoms with E-state index in [1.54, 1.807) is 53.1 Å². The van der Waals surface area contributed by atoms with E-state index in [-0.39, 0.29) is 11.8 Å². The third-order valence-corrected chi connectivity index (χ3v) is 14.7. The lowest BCUT2D eigenvalue weighted by atomic mass is 10.1. The van der Waals surface area contributed by atoms with Gasteiger partial charge in [0.15, 0.2) is 11.2 Å². The van der Waals surface area contributed by atoms with Gasteiger partial charge in [0.05, 0.1) is 67.9 Å². The van der Waals surface area contributed by atoms with Crippen LogP contribution in [-0.2, 0) is 28.3 Å². The number of pyridine rings is 4. The normalized spacial score (nSPS) is 18.5. The third-order valence-electron chi connectivity index (χ3n) is 14.7. The Bertz CT molecular complexity index is 3400. The first-order chi connectivity index (χ1) is 38.4. The predicted octanol–water partition coefficient (Wildman–Crippen LogP) is 4.51. The summed E-state index contributed by atoms with van der Waals surface area (Å²) in [6.45, 7) is 15.8. The topological polar surface area (TPSA) is 245 Å². The zero-order chi connectivity index (χ0) is 54.6. The molecule has 0 aliphatic carbocycles. The van der Waals surface area contributed by atoms with Crippen LogP contribution in [0.5, 0.6) is 0 Å². The lowest BCUT2D eigenvalue weighted by molar-refractivity contribution is 0.101. The molecular formula is C54H66N18O7. The molecule has 4 fully saturated rings. The maximum atomic E-state index is 13.8. The van der Waals surface area contributed by atoms with E-state index in [0.29, 0.717) is 140 Å². The van der Waals surface area contributed by atoms with Crippen LogP contribution in [0.1, 0.15) is 34.6 Å². The summed E-state index contributed by atoms with van der Waals surface area (Å²) in [6, 6.07) is 16.1. The summed E-state index contributed by atoms with van der Waals surface area (Å²) in [6.07, 6.45) is 7.25. The fourth-order valence-corrected chi connectivity index (χ4v) is 10.1. The monoisotopic (exact) mass is 1080 g/mol. The molecule has 79 heavy (non-hydrogen) atoms. The molecule has 2 atom stereocenters. The quantitative estimate of drug-likeness (QED) is 0.161. The number of nitrogens with zero attached hydrogens (tertiary/aromatic N) is 16. The molecule has 0 saturated carbocycles. The number of carbonyl (C=O) groups is 2. The molecule has 8 aromatic rings. The summed E-state index contributed by atoms with van der Waals surface area (Å²) >= 11 is 0. The number of oxazole rings is 2. The van der Waals surface area contributed by atoms with Gasteiger partial charge in [-0.1, -0.05) is 12.1 Å². The molecule has 0 spiro atoms. The van der Waals surface area contributed by atoms with Crippen molar-refractivity contribution >= 4 is 69.6 Å². The zero-order valence-electron chi connectivity index (χ0n) is 45.4. The summed E-state index contributed by atoms with van der Waals surface area (Å²) in [5, 5.41) is 14.4. The molecule has 4 saturated heterocycles. The average molecular weight is 1080 g/mol. The number of amides is 2. The van der Waals surface area contributed by atoms with Gasteiger partial charge in [0, 0.05) is 141 Å². The second-order valence-corrected chi connectivity index (χ2v) is 20.2. The number of likely N-dealkylation sites (N-methyl/N-ethyl adjacent to an activating group) is 1. The number of ether oxygens (including phenoxy) is 3. The van der Waals surface area contributed by atoms with Crippen LogP contribution in [0.3, 0.4) is 0 Å². The van der Waals surface area contributed by atoms with Crippen molar-refractivity contribution in [3.63, 3.8) is 0 Å². The Morgan fingerprint density at radius 2 is 1.06 bits per heavy atom. The Morgan fingerprint density at radius 3 is 1.51 bits per heavy atom. The van der Waals surface area contributed by atoms with Crippen molar-refractivity contribution in [1.29, 1.82) is 0 Å². The maximum absolute atomic E-state index is 13.8. The lowest BCUT2D eigenvalue weighted by Crippen LogP contribution is -2.55. The van der Waals surface area contributed by atoms with Gasteiger partial charge in [-0.15, -0.1) is 0 Å². The van der Waals surface area contributed by atoms with E-state index >= 15 is 0 Å². The number of aryl methyl sites for hydroxylation is 2. The highest BCUT2D eigenvalue weighted by Gasteiger charge is 2.32. The third kappa shape index (κ3) is 12.0. The van der Waals surface area contributed by atoms with Crippen molar-refractivity contribution in [3.8, 4) is 22.5 Å². The number of rotatable bonds is 13. The smallest absolute Gasteiger partial charge is 0.300 e. The van der Waals surface area contributed by atoms with Crippen molar-refractivity contribution in [2.24, 2.45) is 14.1 Å². The number of hydrogen-bond acceptors (Lipinski definition) is 21. The van der Waals surface area contributed by atoms with Crippen LogP contribution in [0.2, 0.25) is 0 Å². The largest absolute Gasteiger partial charge is 0.422 e. The zero-order valence-corrected chi connectivity index (χ0v) is 45.4. The number of anilines is 6. The Labute approximate surface area is 456 Å². The number of nitrogens with one attached hydrogen (secondary N) is 2. The maximum Gasteiger partial charge on any atom is 0.300 e. The fourth-order valence-electron chi connectivity index (χ4n) is 10.1. The van der Waals surface area contributed by atoms with Crippen LogP contribution in [0.25, 0.3) is 45.0 Å². The van der Waals surface area contributed by atoms with Crippen LogP contribution < -0.4 is 30.2 Å². The van der Waals surface area contributed by atoms with E-state index in [1.807, 2.05) is 60.6 Å². The van der Waals surface area contributed by atoms with E-state index in [2.05, 4.69) is 81.3 Å². The first-order valence-electron chi connectivity index (χ1n) is 26.7. The summed E-state index contributed by atoms with van der Waals surface area (Å²) < 4.78 is 31.8. The number of fused-ring (bicyclic) bond motifs is 2. The van der Waals surface area contributed by atoms with Gasteiger partial charge in [-0.25, -0.2) is 19.9 Å². The molecule has 0 bridgehead atoms. The van der Waals surface area contributed by atoms with Crippen LogP contribution in [0.4, 0.5) is 35.3 Å². The number of methoxy groups -OCH3 is 1. The molecule has 4 aliphatic rings. The molecule has 12 rings (SSSR count). The first-order valence-corrected chi connectivity index (χ1v) is 26.7. The number of carbonyl (C=O) groups excluding carboxylic acids is 2. The number of hydrogen-bond donors (Lipinski definition) is 2. The Hall–Kier alpha value is -8.10. The number of piperazine rings is 2. The average Bonchev–Trinajstić information content (AvgIpc) is 4.47. The molecule has 0 radical (unpaired) electrons. The van der Waals surface area contributed by atoms with Gasteiger partial charge in [0.1, 0.15) is 23.3 Å². The van der Waals surface area contributed by atoms with Gasteiger partial charge in [0.25, 0.3) is 23.8 Å². The number of aromatic nitrogens is 10. The standard InChI is InChI=1S/C27H33N9O4.C27H33N9O3/c1-33-18-19(17-28-33)21-4-3-5-23(29-21)30-26(37)20-16-22-24(32-27(40-22)36-11-14-39-15-12-36)31-25(20)35-8-6-34(7-9-35)10-13-38-2;1-17-14-36(15-18(2)34(17)4)25-20(12-22-24(31-25)32-27(39-22)35-8-10-38-11-9-35)26(37)30-23-7-5-6-21(29-23)19-13-28-33(3)16-19/h3-5,16-18H,6-15H2,1-2H3,(H,29,30,37);5-7,12-13,16-18H,8-11,14-15H2,1-4H3,(H,29,30,37). The van der Waals surface area contributed by atoms with Crippen molar-refractivity contribution in [2.75, 3.05) is 149 Å². The molecule has 2 N–H and O–H groups in total.